The van der Waals surface area contributed by atoms with Crippen molar-refractivity contribution in [2.45, 2.75) is 17.7 Å². The van der Waals surface area contributed by atoms with Gasteiger partial charge in [0.1, 0.15) is 0 Å². The van der Waals surface area contributed by atoms with Gasteiger partial charge in [-0.3, -0.25) is 4.79 Å². The molecule has 3 amide bonds. The lowest BCUT2D eigenvalue weighted by atomic mass is 10.2. The number of halogens is 1. The molecular formula is C21H23ClN4O5S. The van der Waals surface area contributed by atoms with E-state index in [2.05, 4.69) is 10.6 Å². The van der Waals surface area contributed by atoms with Crippen LogP contribution in [0.2, 0.25) is 5.02 Å². The molecule has 4 rings (SSSR count). The normalized spacial score (nSPS) is 17.4. The lowest BCUT2D eigenvalue weighted by Crippen LogP contribution is -2.40. The number of urea groups is 1. The van der Waals surface area contributed by atoms with Crippen molar-refractivity contribution < 1.29 is 22.7 Å². The minimum absolute atomic E-state index is 0.0385. The van der Waals surface area contributed by atoms with Crippen LogP contribution in [0.15, 0.2) is 47.4 Å². The first kappa shape index (κ1) is 22.5. The number of hydrogen-bond acceptors (Lipinski definition) is 5. The topological polar surface area (TPSA) is 108 Å². The van der Waals surface area contributed by atoms with Crippen LogP contribution >= 0.6 is 11.6 Å². The van der Waals surface area contributed by atoms with E-state index in [1.165, 1.54) is 16.4 Å². The smallest absolute Gasteiger partial charge is 0.323 e. The Morgan fingerprint density at radius 2 is 1.72 bits per heavy atom. The van der Waals surface area contributed by atoms with Gasteiger partial charge in [-0.25, -0.2) is 13.2 Å². The molecule has 0 atom stereocenters. The van der Waals surface area contributed by atoms with E-state index < -0.39 is 16.1 Å². The second kappa shape index (κ2) is 9.45. The van der Waals surface area contributed by atoms with Crippen LogP contribution in [0.1, 0.15) is 12.8 Å². The molecule has 9 nitrogen and oxygen atoms in total. The van der Waals surface area contributed by atoms with E-state index in [4.69, 9.17) is 16.3 Å². The van der Waals surface area contributed by atoms with Gasteiger partial charge in [-0.2, -0.15) is 4.31 Å². The molecule has 32 heavy (non-hydrogen) atoms. The summed E-state index contributed by atoms with van der Waals surface area (Å²) >= 11 is 5.87. The molecule has 2 aliphatic rings. The highest BCUT2D eigenvalue weighted by Gasteiger charge is 2.29. The molecule has 0 saturated carbocycles. The maximum absolute atomic E-state index is 13.1. The van der Waals surface area contributed by atoms with Crippen molar-refractivity contribution in [3.8, 4) is 0 Å². The summed E-state index contributed by atoms with van der Waals surface area (Å²) in [4.78, 5) is 26.5. The molecule has 2 aromatic rings. The van der Waals surface area contributed by atoms with E-state index in [0.717, 1.165) is 0 Å². The van der Waals surface area contributed by atoms with Crippen LogP contribution < -0.4 is 15.5 Å². The molecule has 11 heteroatoms. The zero-order valence-corrected chi connectivity index (χ0v) is 18.8. The van der Waals surface area contributed by atoms with Crippen LogP contribution in [0.4, 0.5) is 21.9 Å². The summed E-state index contributed by atoms with van der Waals surface area (Å²) in [6.07, 6.45) is 1.10. The zero-order valence-electron chi connectivity index (χ0n) is 17.2. The third-order valence-electron chi connectivity index (χ3n) is 5.29. The number of morpholine rings is 1. The third kappa shape index (κ3) is 4.88. The summed E-state index contributed by atoms with van der Waals surface area (Å²) in [7, 11) is -3.77. The Balaban J connectivity index is 1.63. The zero-order chi connectivity index (χ0) is 22.7. The average Bonchev–Trinajstić information content (AvgIpc) is 3.21. The van der Waals surface area contributed by atoms with Crippen LogP contribution in [0.3, 0.4) is 0 Å². The summed E-state index contributed by atoms with van der Waals surface area (Å²) in [5, 5.41) is 5.92. The molecule has 2 heterocycles. The molecule has 0 aliphatic carbocycles. The van der Waals surface area contributed by atoms with Crippen molar-refractivity contribution in [2.24, 2.45) is 0 Å². The summed E-state index contributed by atoms with van der Waals surface area (Å²) < 4.78 is 32.8. The minimum Gasteiger partial charge on any atom is -0.379 e. The van der Waals surface area contributed by atoms with Crippen molar-refractivity contribution in [3.63, 3.8) is 0 Å². The van der Waals surface area contributed by atoms with Gasteiger partial charge in [0.15, 0.2) is 0 Å². The third-order valence-corrected chi connectivity index (χ3v) is 7.44. The highest BCUT2D eigenvalue weighted by atomic mass is 35.5. The van der Waals surface area contributed by atoms with Crippen molar-refractivity contribution in [3.05, 3.63) is 47.5 Å². The summed E-state index contributed by atoms with van der Waals surface area (Å²) in [6, 6.07) is 10.4. The van der Waals surface area contributed by atoms with Crippen LogP contribution in [0.25, 0.3) is 0 Å². The van der Waals surface area contributed by atoms with E-state index in [-0.39, 0.29) is 29.6 Å². The first-order valence-electron chi connectivity index (χ1n) is 10.2. The molecule has 0 radical (unpaired) electrons. The van der Waals surface area contributed by atoms with Crippen LogP contribution in [0, 0.1) is 0 Å². The second-order valence-electron chi connectivity index (χ2n) is 7.43. The predicted octanol–water partition coefficient (Wildman–Crippen LogP) is 3.13. The highest BCUT2D eigenvalue weighted by molar-refractivity contribution is 7.89. The van der Waals surface area contributed by atoms with E-state index in [9.17, 15) is 18.0 Å². The number of nitrogens with one attached hydrogen (secondary N) is 2. The Bertz CT molecular complexity index is 1120. The van der Waals surface area contributed by atoms with Gasteiger partial charge in [-0.1, -0.05) is 11.6 Å². The monoisotopic (exact) mass is 478 g/mol. The maximum atomic E-state index is 13.1. The van der Waals surface area contributed by atoms with Gasteiger partial charge >= 0.3 is 6.03 Å². The van der Waals surface area contributed by atoms with Gasteiger partial charge in [0.25, 0.3) is 0 Å². The fourth-order valence-corrected chi connectivity index (χ4v) is 5.23. The Hall–Kier alpha value is -2.66. The Kier molecular flexibility index (Phi) is 6.66. The minimum atomic E-state index is -3.77. The Morgan fingerprint density at radius 3 is 2.38 bits per heavy atom. The second-order valence-corrected chi connectivity index (χ2v) is 9.80. The number of amides is 3. The molecule has 170 valence electrons. The fourth-order valence-electron chi connectivity index (χ4n) is 3.67. The molecule has 0 spiro atoms. The van der Waals surface area contributed by atoms with Gasteiger partial charge < -0.3 is 20.3 Å². The Morgan fingerprint density at radius 1 is 1.00 bits per heavy atom. The van der Waals surface area contributed by atoms with E-state index in [1.807, 2.05) is 0 Å². The largest absolute Gasteiger partial charge is 0.379 e. The number of ether oxygens (including phenoxy) is 1. The number of benzene rings is 2. The number of nitrogens with zero attached hydrogens (tertiary/aromatic N) is 2. The summed E-state index contributed by atoms with van der Waals surface area (Å²) in [5.41, 5.74) is 1.21. The molecule has 0 aromatic heterocycles. The number of carbonyl (C=O) groups excluding carboxylic acids is 2. The van der Waals surface area contributed by atoms with Crippen LogP contribution in [-0.4, -0.2) is 57.5 Å². The number of rotatable bonds is 5. The number of hydrogen-bond donors (Lipinski definition) is 2. The van der Waals surface area contributed by atoms with Crippen molar-refractivity contribution in [1.29, 1.82) is 0 Å². The number of carbonyl (C=O) groups is 2. The van der Waals surface area contributed by atoms with Gasteiger partial charge in [0.05, 0.1) is 29.5 Å². The molecule has 2 N–H and O–H groups in total. The molecule has 2 saturated heterocycles. The van der Waals surface area contributed by atoms with Crippen molar-refractivity contribution in [1.82, 2.24) is 4.31 Å². The summed E-state index contributed by atoms with van der Waals surface area (Å²) in [5.74, 6) is -0.0741. The average molecular weight is 479 g/mol. The van der Waals surface area contributed by atoms with Gasteiger partial charge in [0, 0.05) is 36.8 Å². The molecule has 2 aliphatic heterocycles. The van der Waals surface area contributed by atoms with Gasteiger partial charge in [-0.05, 0) is 48.9 Å². The van der Waals surface area contributed by atoms with Crippen LogP contribution in [0.5, 0.6) is 0 Å². The number of sulfonamides is 1. The van der Waals surface area contributed by atoms with Gasteiger partial charge in [-0.15, -0.1) is 0 Å². The fraction of sp³-hybridized carbons (Fsp3) is 0.333. The molecule has 2 fully saturated rings. The molecular weight excluding hydrogens is 456 g/mol. The first-order chi connectivity index (χ1) is 15.3. The standard InChI is InChI=1S/C21H23ClN4O5S/c22-15-3-5-16(6-4-15)23-21(28)24-18-14-17(32(29,30)25-10-12-31-13-11-25)7-8-19(18)26-9-1-2-20(26)27/h3-8,14H,1-2,9-13H2,(H2,23,24,28). The van der Waals surface area contributed by atoms with Crippen molar-refractivity contribution >= 4 is 50.6 Å². The lowest BCUT2D eigenvalue weighted by Gasteiger charge is -2.27. The number of anilines is 3. The van der Waals surface area contributed by atoms with Crippen LogP contribution in [-0.2, 0) is 19.6 Å². The lowest BCUT2D eigenvalue weighted by molar-refractivity contribution is -0.117. The quantitative estimate of drug-likeness (QED) is 0.686. The molecule has 2 aromatic carbocycles. The molecule has 0 bridgehead atoms. The van der Waals surface area contributed by atoms with Gasteiger partial charge in [0.2, 0.25) is 15.9 Å². The van der Waals surface area contributed by atoms with Crippen molar-refractivity contribution in [2.75, 3.05) is 48.4 Å². The Labute approximate surface area is 191 Å². The summed E-state index contributed by atoms with van der Waals surface area (Å²) in [6.45, 7) is 1.67. The van der Waals surface area contributed by atoms with E-state index >= 15 is 0 Å². The SMILES string of the molecule is O=C(Nc1ccc(Cl)cc1)Nc1cc(S(=O)(=O)N2CCOCC2)ccc1N1CCCC1=O. The molecule has 0 unspecified atom stereocenters. The maximum Gasteiger partial charge on any atom is 0.323 e. The first-order valence-corrected chi connectivity index (χ1v) is 12.0. The van der Waals surface area contributed by atoms with E-state index in [0.29, 0.717) is 49.0 Å². The predicted molar refractivity (Wildman–Crippen MR) is 122 cm³/mol. The van der Waals surface area contributed by atoms with E-state index in [1.54, 1.807) is 35.2 Å². The highest BCUT2D eigenvalue weighted by Crippen LogP contribution is 2.33.